The number of nitrogens with one attached hydrogen (secondary N) is 5. The van der Waals surface area contributed by atoms with Gasteiger partial charge in [-0.15, -0.1) is 0 Å². The summed E-state index contributed by atoms with van der Waals surface area (Å²) in [5, 5.41) is 13.7. The van der Waals surface area contributed by atoms with Crippen LogP contribution in [0.5, 0.6) is 0 Å². The van der Waals surface area contributed by atoms with E-state index in [4.69, 9.17) is 16.2 Å². The second-order valence-corrected chi connectivity index (χ2v) is 12.0. The SMILES string of the molecule is C=C(C)N[C@@H](CCCN=C(N)NP)C(=O)NCC(=O)NC(CCC(=O)NCCCCC(N)C(=O)OP)C(=C=O)O/C(=C/CC(C)C)CC. The first kappa shape index (κ1) is 44.5. The number of aliphatic imine (C=N–C) groups is 1. The van der Waals surface area contributed by atoms with Crippen LogP contribution in [-0.2, 0) is 33.2 Å². The van der Waals surface area contributed by atoms with Crippen molar-refractivity contribution in [3.8, 4) is 0 Å². The van der Waals surface area contributed by atoms with E-state index in [0.717, 1.165) is 6.42 Å². The topological polar surface area (TPSA) is 228 Å². The molecular formula is C31H56N8O7P2. The molecule has 0 spiro atoms. The molecule has 0 aliphatic rings. The molecule has 15 nitrogen and oxygen atoms in total. The summed E-state index contributed by atoms with van der Waals surface area (Å²) < 4.78 is 10.4. The van der Waals surface area contributed by atoms with Crippen LogP contribution in [0.2, 0.25) is 0 Å². The number of rotatable bonds is 25. The van der Waals surface area contributed by atoms with Gasteiger partial charge in [0.05, 0.1) is 22.1 Å². The molecular weight excluding hydrogens is 658 g/mol. The van der Waals surface area contributed by atoms with Gasteiger partial charge in [0.1, 0.15) is 17.8 Å². The highest BCUT2D eigenvalue weighted by Gasteiger charge is 2.24. The van der Waals surface area contributed by atoms with Gasteiger partial charge >= 0.3 is 5.97 Å². The van der Waals surface area contributed by atoms with Crippen molar-refractivity contribution in [3.05, 3.63) is 29.9 Å². The number of guanidine groups is 1. The molecule has 0 aromatic carbocycles. The van der Waals surface area contributed by atoms with Crippen LogP contribution >= 0.6 is 18.9 Å². The molecule has 0 radical (unpaired) electrons. The van der Waals surface area contributed by atoms with Gasteiger partial charge in [-0.25, -0.2) is 4.79 Å². The number of amides is 3. The lowest BCUT2D eigenvalue weighted by Gasteiger charge is -2.22. The molecule has 0 rings (SSSR count). The van der Waals surface area contributed by atoms with Crippen LogP contribution in [0.3, 0.4) is 0 Å². The smallest absolute Gasteiger partial charge is 0.325 e. The first-order chi connectivity index (χ1) is 22.8. The highest BCUT2D eigenvalue weighted by Crippen LogP contribution is 2.17. The van der Waals surface area contributed by atoms with Crippen LogP contribution in [0.15, 0.2) is 34.9 Å². The van der Waals surface area contributed by atoms with Crippen molar-refractivity contribution >= 4 is 54.4 Å². The van der Waals surface area contributed by atoms with Crippen molar-refractivity contribution < 1.29 is 33.2 Å². The van der Waals surface area contributed by atoms with Gasteiger partial charge in [0.15, 0.2) is 11.9 Å². The maximum Gasteiger partial charge on any atom is 0.325 e. The van der Waals surface area contributed by atoms with E-state index in [0.29, 0.717) is 69.0 Å². The summed E-state index contributed by atoms with van der Waals surface area (Å²) in [5.74, 6) is 0.921. The molecule has 9 N–H and O–H groups in total. The lowest BCUT2D eigenvalue weighted by Crippen LogP contribution is -2.48. The van der Waals surface area contributed by atoms with E-state index in [2.05, 4.69) is 51.8 Å². The number of carbonyl (C=O) groups excluding carboxylic acids is 5. The van der Waals surface area contributed by atoms with E-state index in [1.807, 2.05) is 36.3 Å². The Labute approximate surface area is 289 Å². The van der Waals surface area contributed by atoms with Crippen LogP contribution in [0.1, 0.15) is 85.5 Å². The van der Waals surface area contributed by atoms with Gasteiger partial charge in [0.2, 0.25) is 23.5 Å². The maximum absolute atomic E-state index is 13.0. The molecule has 0 fully saturated rings. The Hall–Kier alpha value is -3.50. The third-order valence-electron chi connectivity index (χ3n) is 6.74. The normalized spacial score (nSPS) is 13.3. The lowest BCUT2D eigenvalue weighted by atomic mass is 10.1. The second-order valence-electron chi connectivity index (χ2n) is 11.5. The number of carbonyl (C=O) groups is 4. The van der Waals surface area contributed by atoms with Crippen molar-refractivity contribution in [2.24, 2.45) is 22.4 Å². The van der Waals surface area contributed by atoms with Crippen LogP contribution in [0, 0.1) is 5.92 Å². The molecule has 5 atom stereocenters. The minimum Gasteiger partial charge on any atom is -0.453 e. The number of hydrogen-bond acceptors (Lipinski definition) is 10. The summed E-state index contributed by atoms with van der Waals surface area (Å²) in [4.78, 5) is 66.2. The summed E-state index contributed by atoms with van der Waals surface area (Å²) in [5.41, 5.74) is 11.9. The fourth-order valence-corrected chi connectivity index (χ4v) is 4.39. The Balaban J connectivity index is 5.44. The first-order valence-corrected chi connectivity index (χ1v) is 17.1. The van der Waals surface area contributed by atoms with Crippen LogP contribution in [-0.4, -0.2) is 73.4 Å². The van der Waals surface area contributed by atoms with Crippen molar-refractivity contribution in [1.82, 2.24) is 26.4 Å². The summed E-state index contributed by atoms with van der Waals surface area (Å²) in [6.45, 7) is 11.8. The zero-order valence-corrected chi connectivity index (χ0v) is 31.0. The van der Waals surface area contributed by atoms with Crippen molar-refractivity contribution in [2.45, 2.75) is 104 Å². The number of allylic oxidation sites excluding steroid dienone is 3. The van der Waals surface area contributed by atoms with E-state index in [9.17, 15) is 24.0 Å². The zero-order chi connectivity index (χ0) is 36.5. The molecule has 4 unspecified atom stereocenters. The maximum atomic E-state index is 13.0. The van der Waals surface area contributed by atoms with E-state index in [-0.39, 0.29) is 37.0 Å². The fraction of sp³-hybridized carbons (Fsp3) is 0.645. The predicted octanol–water partition coefficient (Wildman–Crippen LogP) is 1.35. The third kappa shape index (κ3) is 21.4. The molecule has 0 saturated heterocycles. The third-order valence-corrected chi connectivity index (χ3v) is 7.27. The molecule has 0 aromatic heterocycles. The minimum atomic E-state index is -0.986. The summed E-state index contributed by atoms with van der Waals surface area (Å²) in [6.07, 6.45) is 5.63. The number of hydrogen-bond donors (Lipinski definition) is 7. The molecule has 0 bridgehead atoms. The Morgan fingerprint density at radius 2 is 1.73 bits per heavy atom. The van der Waals surface area contributed by atoms with Crippen LogP contribution in [0.25, 0.3) is 0 Å². The molecule has 0 aromatic rings. The fourth-order valence-electron chi connectivity index (χ4n) is 4.13. The largest absolute Gasteiger partial charge is 0.453 e. The van der Waals surface area contributed by atoms with Crippen LogP contribution in [0.4, 0.5) is 0 Å². The van der Waals surface area contributed by atoms with Gasteiger partial charge in [-0.05, 0) is 73.3 Å². The Kier molecular flexibility index (Phi) is 24.5. The van der Waals surface area contributed by atoms with Crippen molar-refractivity contribution in [1.29, 1.82) is 0 Å². The molecule has 272 valence electrons. The molecule has 48 heavy (non-hydrogen) atoms. The van der Waals surface area contributed by atoms with E-state index in [1.165, 1.54) is 0 Å². The quantitative estimate of drug-likeness (QED) is 0.0178. The lowest BCUT2D eigenvalue weighted by molar-refractivity contribution is -0.135. The molecule has 0 saturated carbocycles. The highest BCUT2D eigenvalue weighted by atomic mass is 31.0. The summed E-state index contributed by atoms with van der Waals surface area (Å²) in [6, 6.07) is -2.39. The monoisotopic (exact) mass is 714 g/mol. The number of ether oxygens (including phenoxy) is 1. The molecule has 0 aliphatic heterocycles. The Morgan fingerprint density at radius 1 is 1.02 bits per heavy atom. The average molecular weight is 715 g/mol. The second kappa shape index (κ2) is 26.5. The first-order valence-electron chi connectivity index (χ1n) is 16.1. The Bertz CT molecular complexity index is 1160. The van der Waals surface area contributed by atoms with E-state index < -0.39 is 35.9 Å². The van der Waals surface area contributed by atoms with E-state index >= 15 is 0 Å². The van der Waals surface area contributed by atoms with Crippen molar-refractivity contribution in [3.63, 3.8) is 0 Å². The van der Waals surface area contributed by atoms with Gasteiger partial charge in [-0.1, -0.05) is 27.4 Å². The molecule has 0 aliphatic carbocycles. The molecule has 0 heterocycles. The van der Waals surface area contributed by atoms with Gasteiger partial charge in [-0.2, -0.15) is 0 Å². The molecule has 3 amide bonds. The van der Waals surface area contributed by atoms with Gasteiger partial charge in [-0.3, -0.25) is 24.2 Å². The summed E-state index contributed by atoms with van der Waals surface area (Å²) in [7, 11) is 4.11. The number of unbranched alkanes of at least 4 members (excludes halogenated alkanes) is 1. The number of nitrogens with zero attached hydrogens (tertiary/aromatic N) is 1. The standard InChI is InChI=1S/C31H56N8O7P2/c1-6-22(13-12-20(2)3)45-26(19-40)24(14-15-27(41)34-16-8-7-10-23(32)30(44)46-48)38-28(42)18-36-29(43)25(37-21(4)5)11-9-17-35-31(33)39-47/h13,20,23-25,37H,4,6-12,14-18,32,47-48H2,1-3,5H3,(H,34,41)(H,36,43)(H,38,42)(H3,33,35,39)/b22-13+/t23?,24?,25-/m0/s1. The van der Waals surface area contributed by atoms with Crippen LogP contribution < -0.4 is 37.8 Å². The average Bonchev–Trinajstić information content (AvgIpc) is 3.05. The highest BCUT2D eigenvalue weighted by molar-refractivity contribution is 7.15. The van der Waals surface area contributed by atoms with E-state index in [1.54, 1.807) is 12.9 Å². The molecule has 17 heteroatoms. The number of nitrogens with two attached hydrogens (primary N) is 2. The Morgan fingerprint density at radius 3 is 2.31 bits per heavy atom. The van der Waals surface area contributed by atoms with Gasteiger partial charge in [0, 0.05) is 31.6 Å². The van der Waals surface area contributed by atoms with Gasteiger partial charge < -0.3 is 47.1 Å². The van der Waals surface area contributed by atoms with Crippen molar-refractivity contribution in [2.75, 3.05) is 19.6 Å². The zero-order valence-electron chi connectivity index (χ0n) is 28.7. The van der Waals surface area contributed by atoms with Gasteiger partial charge in [0.25, 0.3) is 0 Å². The summed E-state index contributed by atoms with van der Waals surface area (Å²) >= 11 is 0. The predicted molar refractivity (Wildman–Crippen MR) is 193 cm³/mol. The minimum absolute atomic E-state index is 0.0360.